The van der Waals surface area contributed by atoms with E-state index in [-0.39, 0.29) is 11.1 Å². The molecule has 0 radical (unpaired) electrons. The highest BCUT2D eigenvalue weighted by atomic mass is 19.2. The Balaban J connectivity index is 1.10. The molecule has 15 nitrogen and oxygen atoms in total. The van der Waals surface area contributed by atoms with Gasteiger partial charge in [0.2, 0.25) is 34.8 Å². The van der Waals surface area contributed by atoms with Crippen molar-refractivity contribution in [3.63, 3.8) is 0 Å². The molecule has 0 bridgehead atoms. The molecule has 0 saturated carbocycles. The highest BCUT2D eigenvalue weighted by Crippen LogP contribution is 2.44. The van der Waals surface area contributed by atoms with Crippen molar-refractivity contribution in [2.75, 3.05) is 19.8 Å². The van der Waals surface area contributed by atoms with Gasteiger partial charge in [0.15, 0.2) is 30.6 Å². The lowest BCUT2D eigenvalue weighted by Gasteiger charge is -2.44. The summed E-state index contributed by atoms with van der Waals surface area (Å²) in [5.74, 6) is -26.2. The van der Waals surface area contributed by atoms with E-state index in [2.05, 4.69) is 0 Å². The minimum absolute atomic E-state index is 0.260. The third-order valence-corrected chi connectivity index (χ3v) is 12.7. The second-order valence-corrected chi connectivity index (χ2v) is 18.0. The van der Waals surface area contributed by atoms with Crippen LogP contribution in [-0.4, -0.2) is 92.5 Å². The van der Waals surface area contributed by atoms with E-state index in [1.54, 1.807) is 36.4 Å². The maximum Gasteiger partial charge on any atom is 0.407 e. The topological polar surface area (TPSA) is 188 Å². The van der Waals surface area contributed by atoms with Crippen molar-refractivity contribution in [1.29, 1.82) is 0 Å². The number of benzene rings is 7. The molecular formula is C58H38F9NO14. The lowest BCUT2D eigenvalue weighted by Crippen LogP contribution is -2.63. The number of carbonyl (C=O) groups is 6. The van der Waals surface area contributed by atoms with Gasteiger partial charge in [-0.2, -0.15) is 8.78 Å². The zero-order valence-corrected chi connectivity index (χ0v) is 41.6. The molecule has 7 aromatic carbocycles. The van der Waals surface area contributed by atoms with Gasteiger partial charge in [0.1, 0.15) is 42.6 Å². The smallest absolute Gasteiger partial charge is 0.407 e. The number of hydrogen-bond donors (Lipinski definition) is 1. The highest BCUT2D eigenvalue weighted by molar-refractivity contribution is 5.92. The van der Waals surface area contributed by atoms with Gasteiger partial charge >= 0.3 is 35.9 Å². The average Bonchev–Trinajstić information content (AvgIpc) is 4.00. The Kier molecular flexibility index (Phi) is 17.3. The third kappa shape index (κ3) is 12.7. The minimum atomic E-state index is -2.63. The minimum Gasteiger partial charge on any atom is -0.459 e. The Morgan fingerprint density at radius 2 is 0.854 bits per heavy atom. The van der Waals surface area contributed by atoms with Gasteiger partial charge < -0.3 is 43.2 Å². The lowest BCUT2D eigenvalue weighted by molar-refractivity contribution is -0.299. The molecule has 82 heavy (non-hydrogen) atoms. The Morgan fingerprint density at radius 3 is 1.32 bits per heavy atom. The molecule has 24 heteroatoms. The van der Waals surface area contributed by atoms with Gasteiger partial charge in [-0.25, -0.2) is 59.5 Å². The van der Waals surface area contributed by atoms with Crippen LogP contribution < -0.4 is 10.1 Å². The van der Waals surface area contributed by atoms with Crippen LogP contribution in [0.15, 0.2) is 146 Å². The predicted molar refractivity (Wildman–Crippen MR) is 262 cm³/mol. The monoisotopic (exact) mass is 1140 g/mol. The summed E-state index contributed by atoms with van der Waals surface area (Å²) in [4.78, 5) is 83.4. The maximum atomic E-state index is 15.1. The van der Waals surface area contributed by atoms with Gasteiger partial charge in [0.25, 0.3) is 0 Å². The molecule has 6 atom stereocenters. The Morgan fingerprint density at radius 1 is 0.451 bits per heavy atom. The quantitative estimate of drug-likeness (QED) is 0.0227. The molecule has 0 aromatic heterocycles. The van der Waals surface area contributed by atoms with E-state index in [1.165, 1.54) is 0 Å². The SMILES string of the molecule is O=C(N[C@@H](CO[C@@H]1O[C@H](COC(=O)c2ccc(F)cc2)[C@@H](OC(=O)c2ccc(F)cc2)[C@H](OC(=O)c2ccc(F)cc2)[C@H]1OC(=O)c1ccc(F)cc1)C(=O)Oc1c(F)c(F)c(F)c(F)c1F)OCC1c2ccccc2-c2ccccc21. The van der Waals surface area contributed by atoms with Crippen molar-refractivity contribution in [3.05, 3.63) is 231 Å². The van der Waals surface area contributed by atoms with Gasteiger partial charge in [0.05, 0.1) is 28.9 Å². The summed E-state index contributed by atoms with van der Waals surface area (Å²) >= 11 is 0. The van der Waals surface area contributed by atoms with Crippen LogP contribution in [0.5, 0.6) is 5.75 Å². The highest BCUT2D eigenvalue weighted by Gasteiger charge is 2.54. The standard InChI is InChI=1S/C58H38F9NO14/c59-32-17-9-28(10-18-32)52(69)75-27-42-48(79-53(70)29-11-19-33(60)20-12-29)50(81-54(71)30-13-21-34(61)22-14-30)51(82-55(72)31-15-23-35(62)24-16-31)57(78-42)76-26-41(56(73)80-49-46(66)44(64)43(63)45(65)47(49)67)68-58(74)77-25-40-38-7-3-1-5-36(38)37-6-2-4-8-39(37)40/h1-24,40-42,48,50-51,57H,25-27H2,(H,68,74)/t41-,42+,48+,50-,51+,57+/m0/s1. The summed E-state index contributed by atoms with van der Waals surface area (Å²) in [5, 5.41) is 2.04. The second-order valence-electron chi connectivity index (χ2n) is 18.0. The molecule has 422 valence electrons. The van der Waals surface area contributed by atoms with E-state index in [0.717, 1.165) is 108 Å². The van der Waals surface area contributed by atoms with Crippen molar-refractivity contribution in [1.82, 2.24) is 5.32 Å². The third-order valence-electron chi connectivity index (χ3n) is 12.7. The van der Waals surface area contributed by atoms with E-state index in [1.807, 2.05) is 17.4 Å². The number of esters is 5. The van der Waals surface area contributed by atoms with Crippen LogP contribution in [-0.2, 0) is 38.0 Å². The van der Waals surface area contributed by atoms with Gasteiger partial charge in [-0.15, -0.1) is 0 Å². The average molecular weight is 1140 g/mol. The summed E-state index contributed by atoms with van der Waals surface area (Å²) in [6.07, 6.45) is -12.6. The van der Waals surface area contributed by atoms with Gasteiger partial charge in [-0.05, 0) is 119 Å². The van der Waals surface area contributed by atoms with Crippen molar-refractivity contribution >= 4 is 35.9 Å². The molecule has 7 aromatic rings. The van der Waals surface area contributed by atoms with Crippen molar-refractivity contribution in [2.24, 2.45) is 0 Å². The Bertz CT molecular complexity index is 3480. The molecule has 2 aliphatic rings. The first-order valence-corrected chi connectivity index (χ1v) is 24.3. The van der Waals surface area contributed by atoms with Crippen LogP contribution in [0.3, 0.4) is 0 Å². The summed E-state index contributed by atoms with van der Waals surface area (Å²) in [6, 6.07) is 26.3. The summed E-state index contributed by atoms with van der Waals surface area (Å²) in [5.41, 5.74) is 1.58. The van der Waals surface area contributed by atoms with Crippen LogP contribution in [0.2, 0.25) is 0 Å². The fourth-order valence-electron chi connectivity index (χ4n) is 8.70. The number of fused-ring (bicyclic) bond motifs is 3. The number of amides is 1. The number of halogens is 9. The fourth-order valence-corrected chi connectivity index (χ4v) is 8.70. The Labute approximate surface area is 457 Å². The summed E-state index contributed by atoms with van der Waals surface area (Å²) < 4.78 is 175. The number of ether oxygens (including phenoxy) is 8. The van der Waals surface area contributed by atoms with Crippen LogP contribution in [0, 0.1) is 52.4 Å². The molecule has 9 rings (SSSR count). The van der Waals surface area contributed by atoms with Crippen molar-refractivity contribution < 1.29 is 106 Å². The molecule has 1 N–H and O–H groups in total. The van der Waals surface area contributed by atoms with E-state index in [9.17, 15) is 59.5 Å². The van der Waals surface area contributed by atoms with Crippen LogP contribution >= 0.6 is 0 Å². The first-order valence-electron chi connectivity index (χ1n) is 24.3. The number of alkyl carbamates (subject to hydrolysis) is 1. The molecule has 1 amide bonds. The van der Waals surface area contributed by atoms with Crippen LogP contribution in [0.1, 0.15) is 58.5 Å². The van der Waals surface area contributed by atoms with E-state index >= 15 is 8.78 Å². The number of nitrogens with one attached hydrogen (secondary N) is 1. The molecular weight excluding hydrogens is 1110 g/mol. The molecule has 1 heterocycles. The zero-order valence-electron chi connectivity index (χ0n) is 41.6. The molecule has 0 unspecified atom stereocenters. The number of hydrogen-bond acceptors (Lipinski definition) is 14. The lowest BCUT2D eigenvalue weighted by atomic mass is 9.97. The second kappa shape index (κ2) is 24.9. The molecule has 1 saturated heterocycles. The van der Waals surface area contributed by atoms with E-state index in [4.69, 9.17) is 37.9 Å². The summed E-state index contributed by atoms with van der Waals surface area (Å²) in [6.45, 7) is -2.91. The maximum absolute atomic E-state index is 15.1. The van der Waals surface area contributed by atoms with Gasteiger partial charge in [-0.3, -0.25) is 0 Å². The van der Waals surface area contributed by atoms with Crippen molar-refractivity contribution in [3.8, 4) is 16.9 Å². The predicted octanol–water partition coefficient (Wildman–Crippen LogP) is 10.0. The van der Waals surface area contributed by atoms with Gasteiger partial charge in [-0.1, -0.05) is 48.5 Å². The normalized spacial score (nSPS) is 17.5. The van der Waals surface area contributed by atoms with Crippen LogP contribution in [0.25, 0.3) is 11.1 Å². The van der Waals surface area contributed by atoms with Crippen LogP contribution in [0.4, 0.5) is 44.3 Å². The zero-order chi connectivity index (χ0) is 58.4. The molecule has 1 aliphatic heterocycles. The first kappa shape index (κ1) is 57.1. The largest absolute Gasteiger partial charge is 0.459 e. The number of carbonyl (C=O) groups excluding carboxylic acids is 6. The van der Waals surface area contributed by atoms with E-state index in [0.29, 0.717) is 11.1 Å². The van der Waals surface area contributed by atoms with Crippen molar-refractivity contribution in [2.45, 2.75) is 42.7 Å². The van der Waals surface area contributed by atoms with Gasteiger partial charge in [0, 0.05) is 5.92 Å². The number of rotatable bonds is 17. The first-order chi connectivity index (χ1) is 39.3. The fraction of sp³-hybridized carbons (Fsp3) is 0.172. The Hall–Kier alpha value is -9.55. The molecule has 1 aliphatic carbocycles. The molecule has 1 fully saturated rings. The molecule has 0 spiro atoms. The van der Waals surface area contributed by atoms with E-state index < -0.39 is 168 Å². The summed E-state index contributed by atoms with van der Waals surface area (Å²) in [7, 11) is 0.